The van der Waals surface area contributed by atoms with Crippen LogP contribution >= 0.6 is 0 Å². The molecule has 0 radical (unpaired) electrons. The minimum atomic E-state index is -0.0727. The van der Waals surface area contributed by atoms with Crippen LogP contribution < -0.4 is 5.32 Å². The minimum Gasteiger partial charge on any atom is -0.508 e. The van der Waals surface area contributed by atoms with Gasteiger partial charge in [0.25, 0.3) is 5.91 Å². The van der Waals surface area contributed by atoms with E-state index in [0.29, 0.717) is 5.56 Å². The molecule has 1 atom stereocenters. The molecule has 22 heavy (non-hydrogen) atoms. The van der Waals surface area contributed by atoms with Gasteiger partial charge in [-0.1, -0.05) is 18.2 Å². The molecule has 1 unspecified atom stereocenters. The fourth-order valence-corrected chi connectivity index (χ4v) is 2.62. The van der Waals surface area contributed by atoms with Crippen LogP contribution in [-0.2, 0) is 6.42 Å². The Balaban J connectivity index is 1.71. The predicted octanol–water partition coefficient (Wildman–Crippen LogP) is 3.23. The molecule has 1 aromatic heterocycles. The number of carbonyl (C=O) groups is 1. The molecular weight excluding hydrogens is 276 g/mol. The number of hydrogen-bond acceptors (Lipinski definition) is 2. The number of amides is 1. The van der Waals surface area contributed by atoms with Gasteiger partial charge in [0, 0.05) is 28.7 Å². The lowest BCUT2D eigenvalue weighted by atomic mass is 10.1. The summed E-state index contributed by atoms with van der Waals surface area (Å²) in [6.45, 7) is 1.97. The van der Waals surface area contributed by atoms with Gasteiger partial charge in [0.05, 0.1) is 0 Å². The van der Waals surface area contributed by atoms with Crippen LogP contribution in [0, 0.1) is 0 Å². The van der Waals surface area contributed by atoms with Gasteiger partial charge in [0.15, 0.2) is 0 Å². The average Bonchev–Trinajstić information content (AvgIpc) is 2.97. The van der Waals surface area contributed by atoms with Gasteiger partial charge in [-0.25, -0.2) is 0 Å². The lowest BCUT2D eigenvalue weighted by Gasteiger charge is -2.14. The zero-order valence-corrected chi connectivity index (χ0v) is 12.3. The van der Waals surface area contributed by atoms with E-state index < -0.39 is 0 Å². The highest BCUT2D eigenvalue weighted by atomic mass is 16.3. The average molecular weight is 294 g/mol. The highest BCUT2D eigenvalue weighted by molar-refractivity contribution is 6.06. The van der Waals surface area contributed by atoms with Crippen LogP contribution in [0.4, 0.5) is 0 Å². The van der Waals surface area contributed by atoms with Crippen LogP contribution in [0.2, 0.25) is 0 Å². The van der Waals surface area contributed by atoms with Crippen molar-refractivity contribution >= 4 is 16.8 Å². The first-order valence-corrected chi connectivity index (χ1v) is 7.28. The van der Waals surface area contributed by atoms with Crippen molar-refractivity contribution in [1.82, 2.24) is 10.3 Å². The molecule has 0 fully saturated rings. The first kappa shape index (κ1) is 14.2. The van der Waals surface area contributed by atoms with Gasteiger partial charge >= 0.3 is 0 Å². The number of carbonyl (C=O) groups excluding carboxylic acids is 1. The zero-order chi connectivity index (χ0) is 15.5. The van der Waals surface area contributed by atoms with Crippen LogP contribution in [0.3, 0.4) is 0 Å². The van der Waals surface area contributed by atoms with Crippen molar-refractivity contribution in [3.05, 3.63) is 65.9 Å². The summed E-state index contributed by atoms with van der Waals surface area (Å²) >= 11 is 0. The van der Waals surface area contributed by atoms with Crippen molar-refractivity contribution < 1.29 is 9.90 Å². The molecule has 0 bridgehead atoms. The zero-order valence-electron chi connectivity index (χ0n) is 12.3. The Kier molecular flexibility index (Phi) is 3.83. The van der Waals surface area contributed by atoms with E-state index in [-0.39, 0.29) is 17.7 Å². The summed E-state index contributed by atoms with van der Waals surface area (Å²) < 4.78 is 0. The lowest BCUT2D eigenvalue weighted by molar-refractivity contribution is 0.0942. The Hall–Kier alpha value is -2.75. The van der Waals surface area contributed by atoms with E-state index in [1.165, 1.54) is 0 Å². The summed E-state index contributed by atoms with van der Waals surface area (Å²) in [6.07, 6.45) is 2.55. The lowest BCUT2D eigenvalue weighted by Crippen LogP contribution is -2.34. The second-order valence-electron chi connectivity index (χ2n) is 5.49. The molecule has 3 rings (SSSR count). The molecule has 4 nitrogen and oxygen atoms in total. The number of hydrogen-bond donors (Lipinski definition) is 3. The maximum atomic E-state index is 12.4. The second-order valence-corrected chi connectivity index (χ2v) is 5.49. The van der Waals surface area contributed by atoms with E-state index in [9.17, 15) is 9.90 Å². The second kappa shape index (κ2) is 5.93. The van der Waals surface area contributed by atoms with Gasteiger partial charge in [-0.2, -0.15) is 0 Å². The van der Waals surface area contributed by atoms with Crippen molar-refractivity contribution in [2.45, 2.75) is 19.4 Å². The molecule has 0 saturated heterocycles. The van der Waals surface area contributed by atoms with E-state index >= 15 is 0 Å². The minimum absolute atomic E-state index is 0.00578. The van der Waals surface area contributed by atoms with Gasteiger partial charge in [0.1, 0.15) is 5.75 Å². The van der Waals surface area contributed by atoms with Gasteiger partial charge in [0.2, 0.25) is 0 Å². The van der Waals surface area contributed by atoms with Gasteiger partial charge < -0.3 is 15.4 Å². The van der Waals surface area contributed by atoms with E-state index in [4.69, 9.17) is 0 Å². The quantitative estimate of drug-likeness (QED) is 0.691. The largest absolute Gasteiger partial charge is 0.508 e. The standard InChI is InChI=1S/C18H18N2O2/c1-12(11-13-5-7-14(21)8-6-13)20-18(22)16-3-2-4-17-15(16)9-10-19-17/h2-10,12,19,21H,11H2,1H3,(H,20,22). The smallest absolute Gasteiger partial charge is 0.252 e. The molecule has 0 aliphatic rings. The molecule has 3 N–H and O–H groups in total. The maximum Gasteiger partial charge on any atom is 0.252 e. The SMILES string of the molecule is CC(Cc1ccc(O)cc1)NC(=O)c1cccc2[nH]ccc12. The van der Waals surface area contributed by atoms with Gasteiger partial charge in [-0.05, 0) is 49.2 Å². The number of fused-ring (bicyclic) bond motifs is 1. The van der Waals surface area contributed by atoms with Crippen LogP contribution in [0.1, 0.15) is 22.8 Å². The predicted molar refractivity (Wildman–Crippen MR) is 87.0 cm³/mol. The molecule has 0 aliphatic heterocycles. The van der Waals surface area contributed by atoms with Crippen LogP contribution in [0.15, 0.2) is 54.7 Å². The fourth-order valence-electron chi connectivity index (χ4n) is 2.62. The highest BCUT2D eigenvalue weighted by Crippen LogP contribution is 2.17. The number of H-pyrrole nitrogens is 1. The van der Waals surface area contributed by atoms with Crippen LogP contribution in [0.25, 0.3) is 10.9 Å². The van der Waals surface area contributed by atoms with E-state index in [1.54, 1.807) is 12.1 Å². The molecule has 4 heteroatoms. The maximum absolute atomic E-state index is 12.4. The Bertz CT molecular complexity index is 790. The Morgan fingerprint density at radius 3 is 2.73 bits per heavy atom. The van der Waals surface area contributed by atoms with E-state index in [1.807, 2.05) is 49.5 Å². The van der Waals surface area contributed by atoms with Crippen molar-refractivity contribution in [2.24, 2.45) is 0 Å². The molecule has 1 heterocycles. The van der Waals surface area contributed by atoms with Gasteiger partial charge in [-0.15, -0.1) is 0 Å². The molecule has 0 aliphatic carbocycles. The number of aromatic amines is 1. The summed E-state index contributed by atoms with van der Waals surface area (Å²) in [7, 11) is 0. The number of aromatic hydroxyl groups is 1. The molecule has 0 saturated carbocycles. The number of benzene rings is 2. The third-order valence-electron chi connectivity index (χ3n) is 3.70. The highest BCUT2D eigenvalue weighted by Gasteiger charge is 2.13. The summed E-state index contributed by atoms with van der Waals surface area (Å²) in [5.74, 6) is 0.177. The fraction of sp³-hybridized carbons (Fsp3) is 0.167. The first-order chi connectivity index (χ1) is 10.6. The Morgan fingerprint density at radius 1 is 1.18 bits per heavy atom. The normalized spacial score (nSPS) is 12.2. The summed E-state index contributed by atoms with van der Waals surface area (Å²) in [5, 5.41) is 13.2. The van der Waals surface area contributed by atoms with Crippen molar-refractivity contribution in [3.8, 4) is 5.75 Å². The van der Waals surface area contributed by atoms with Crippen molar-refractivity contribution in [1.29, 1.82) is 0 Å². The molecule has 2 aromatic carbocycles. The molecule has 112 valence electrons. The van der Waals surface area contributed by atoms with Gasteiger partial charge in [-0.3, -0.25) is 4.79 Å². The van der Waals surface area contributed by atoms with E-state index in [2.05, 4.69) is 10.3 Å². The number of phenols is 1. The third-order valence-corrected chi connectivity index (χ3v) is 3.70. The topological polar surface area (TPSA) is 65.1 Å². The molecule has 3 aromatic rings. The van der Waals surface area contributed by atoms with Crippen molar-refractivity contribution in [2.75, 3.05) is 0 Å². The third kappa shape index (κ3) is 2.96. The van der Waals surface area contributed by atoms with Crippen LogP contribution in [-0.4, -0.2) is 22.0 Å². The summed E-state index contributed by atoms with van der Waals surface area (Å²) in [5.41, 5.74) is 2.71. The van der Waals surface area contributed by atoms with Crippen molar-refractivity contribution in [3.63, 3.8) is 0 Å². The number of nitrogens with one attached hydrogen (secondary N) is 2. The monoisotopic (exact) mass is 294 g/mol. The van der Waals surface area contributed by atoms with Crippen LogP contribution in [0.5, 0.6) is 5.75 Å². The number of phenolic OH excluding ortho intramolecular Hbond substituents is 1. The molecule has 0 spiro atoms. The molecule has 1 amide bonds. The first-order valence-electron chi connectivity index (χ1n) is 7.28. The summed E-state index contributed by atoms with van der Waals surface area (Å²) in [6, 6.07) is 14.6. The molecular formula is C18H18N2O2. The Morgan fingerprint density at radius 2 is 1.95 bits per heavy atom. The Labute approximate surface area is 128 Å². The van der Waals surface area contributed by atoms with E-state index in [0.717, 1.165) is 22.9 Å². The number of rotatable bonds is 4. The summed E-state index contributed by atoms with van der Waals surface area (Å²) in [4.78, 5) is 15.6. The number of aromatic nitrogens is 1.